The predicted octanol–water partition coefficient (Wildman–Crippen LogP) is 6.05. The van der Waals surface area contributed by atoms with Crippen LogP contribution >= 0.6 is 11.6 Å². The molecule has 0 saturated heterocycles. The van der Waals surface area contributed by atoms with Crippen LogP contribution in [0, 0.1) is 11.6 Å². The highest BCUT2D eigenvalue weighted by Gasteiger charge is 2.31. The normalized spacial score (nSPS) is 12.8. The second kappa shape index (κ2) is 9.77. The number of nitrogens with one attached hydrogen (secondary N) is 1. The molecule has 5 aromatic rings. The summed E-state index contributed by atoms with van der Waals surface area (Å²) >= 11 is 6.07. The number of aromatic nitrogens is 4. The zero-order valence-corrected chi connectivity index (χ0v) is 20.6. The Balaban J connectivity index is 1.56. The summed E-state index contributed by atoms with van der Waals surface area (Å²) in [5.74, 6) is -1.06. The topological polar surface area (TPSA) is 110 Å². The van der Waals surface area contributed by atoms with E-state index in [2.05, 4.69) is 24.7 Å². The molecule has 0 bridgehead atoms. The third kappa shape index (κ3) is 4.96. The molecule has 1 atom stereocenters. The number of halogens is 3. The summed E-state index contributed by atoms with van der Waals surface area (Å²) in [5.41, 5.74) is 1.95. The van der Waals surface area contributed by atoms with Gasteiger partial charge in [0, 0.05) is 27.6 Å². The van der Waals surface area contributed by atoms with Crippen LogP contribution < -0.4 is 9.46 Å². The molecule has 2 heterocycles. The molecule has 2 aromatic heterocycles. The molecule has 1 unspecified atom stereocenters. The number of benzene rings is 3. The van der Waals surface area contributed by atoms with E-state index in [1.807, 2.05) is 0 Å². The van der Waals surface area contributed by atoms with Gasteiger partial charge in [-0.25, -0.2) is 28.7 Å². The third-order valence-electron chi connectivity index (χ3n) is 5.46. The first-order valence-corrected chi connectivity index (χ1v) is 12.5. The second-order valence-corrected chi connectivity index (χ2v) is 9.96. The molecule has 0 saturated carbocycles. The number of anilines is 1. The molecule has 186 valence electrons. The maximum Gasteiger partial charge on any atom is 0.349 e. The van der Waals surface area contributed by atoms with Crippen molar-refractivity contribution in [2.45, 2.75) is 4.90 Å². The fourth-order valence-electron chi connectivity index (χ4n) is 3.76. The fraction of sp³-hybridized carbons (Fsp3) is 0.0400. The molecule has 0 fully saturated rings. The van der Waals surface area contributed by atoms with Crippen molar-refractivity contribution in [2.75, 3.05) is 11.8 Å². The highest BCUT2D eigenvalue weighted by atomic mass is 35.5. The molecule has 2 N–H and O–H groups in total. The summed E-state index contributed by atoms with van der Waals surface area (Å²) in [7, 11) is -2.40. The summed E-state index contributed by atoms with van der Waals surface area (Å²) in [4.78, 5) is 15.8. The van der Waals surface area contributed by atoms with Crippen LogP contribution in [-0.2, 0) is 14.6 Å². The summed E-state index contributed by atoms with van der Waals surface area (Å²) in [5, 5.41) is 0.964. The fourth-order valence-corrected chi connectivity index (χ4v) is 4.94. The van der Waals surface area contributed by atoms with Gasteiger partial charge in [-0.05, 0) is 46.2 Å². The summed E-state index contributed by atoms with van der Waals surface area (Å²) in [6.07, 6.45) is 3.00. The molecule has 0 aliphatic carbocycles. The molecule has 8 nitrogen and oxygen atoms in total. The molecule has 0 amide bonds. The van der Waals surface area contributed by atoms with E-state index in [-0.39, 0.29) is 10.8 Å². The van der Waals surface area contributed by atoms with Gasteiger partial charge in [-0.15, -0.1) is 4.72 Å². The molecule has 12 heteroatoms. The maximum atomic E-state index is 15.3. The van der Waals surface area contributed by atoms with Crippen LogP contribution in [-0.4, -0.2) is 31.6 Å². The van der Waals surface area contributed by atoms with Gasteiger partial charge in [0.25, 0.3) is 5.95 Å². The van der Waals surface area contributed by atoms with Gasteiger partial charge in [0.1, 0.15) is 17.9 Å². The average Bonchev–Trinajstić information content (AvgIpc) is 2.89. The van der Waals surface area contributed by atoms with E-state index in [1.54, 1.807) is 36.4 Å². The number of ether oxygens (including phenoxy) is 1. The van der Waals surface area contributed by atoms with Crippen LogP contribution in [0.15, 0.2) is 78.2 Å². The number of fused-ring (bicyclic) bond motifs is 1. The SMILES string of the molecule is COc1cc(-c2cccc(Cl)c2)c(F)cc1-c1ncnc2cc([S+](=O)(O)Nc3ncc(F)cn3)ccc12. The van der Waals surface area contributed by atoms with E-state index >= 15 is 4.39 Å². The molecule has 3 aromatic carbocycles. The lowest BCUT2D eigenvalue weighted by Crippen LogP contribution is -2.22. The molecule has 5 rings (SSSR count). The van der Waals surface area contributed by atoms with Gasteiger partial charge in [-0.2, -0.15) is 4.55 Å². The van der Waals surface area contributed by atoms with Crippen molar-refractivity contribution in [2.24, 2.45) is 0 Å². The zero-order valence-electron chi connectivity index (χ0n) is 19.0. The Morgan fingerprint density at radius 3 is 2.49 bits per heavy atom. The van der Waals surface area contributed by atoms with Gasteiger partial charge in [0.2, 0.25) is 4.90 Å². The number of nitrogens with zero attached hydrogens (tertiary/aromatic N) is 4. The van der Waals surface area contributed by atoms with Gasteiger partial charge in [-0.3, -0.25) is 0 Å². The third-order valence-corrected chi connectivity index (χ3v) is 7.04. The van der Waals surface area contributed by atoms with Crippen molar-refractivity contribution in [3.05, 3.63) is 90.0 Å². The van der Waals surface area contributed by atoms with Gasteiger partial charge >= 0.3 is 10.4 Å². The Hall–Kier alpha value is -4.06. The van der Waals surface area contributed by atoms with Crippen LogP contribution in [0.25, 0.3) is 33.3 Å². The predicted molar refractivity (Wildman–Crippen MR) is 136 cm³/mol. The van der Waals surface area contributed by atoms with Crippen molar-refractivity contribution in [3.8, 4) is 28.1 Å². The van der Waals surface area contributed by atoms with Gasteiger partial charge < -0.3 is 4.74 Å². The largest absolute Gasteiger partial charge is 0.496 e. The Morgan fingerprint density at radius 1 is 0.973 bits per heavy atom. The number of methoxy groups -OCH3 is 1. The minimum Gasteiger partial charge on any atom is -0.496 e. The monoisotopic (exact) mass is 540 g/mol. The van der Waals surface area contributed by atoms with E-state index in [9.17, 15) is 13.2 Å². The minimum atomic E-state index is -3.86. The van der Waals surface area contributed by atoms with Crippen molar-refractivity contribution >= 4 is 38.9 Å². The maximum absolute atomic E-state index is 15.3. The summed E-state index contributed by atoms with van der Waals surface area (Å²) in [6.45, 7) is 0. The number of hydrogen-bond donors (Lipinski definition) is 2. The standard InChI is InChI=1S/C25H16ClF2N5O3S/c1-36-23-10-19(14-3-2-4-15(26)7-14)21(28)9-20(23)24-18-6-5-17(8-22(18)31-13-32-24)37(34,35)33-25-29-11-16(27)12-30-25/h2-13H,1H3,(H-,29,30,33,34,35)/p+1. The van der Waals surface area contributed by atoms with Crippen molar-refractivity contribution in [3.63, 3.8) is 0 Å². The Morgan fingerprint density at radius 2 is 1.76 bits per heavy atom. The number of rotatable bonds is 6. The van der Waals surface area contributed by atoms with Crippen molar-refractivity contribution in [1.82, 2.24) is 19.9 Å². The lowest BCUT2D eigenvalue weighted by atomic mass is 9.99. The molecule has 0 radical (unpaired) electrons. The first kappa shape index (κ1) is 24.6. The Bertz CT molecular complexity index is 1690. The zero-order chi connectivity index (χ0) is 26.2. The summed E-state index contributed by atoms with van der Waals surface area (Å²) < 4.78 is 59.7. The molecule has 0 aliphatic rings. The molecular formula is C25H17ClF2N5O3S+. The summed E-state index contributed by atoms with van der Waals surface area (Å²) in [6, 6.07) is 14.0. The lowest BCUT2D eigenvalue weighted by Gasteiger charge is -2.14. The lowest BCUT2D eigenvalue weighted by molar-refractivity contribution is 0.415. The van der Waals surface area contributed by atoms with Crippen LogP contribution in [0.5, 0.6) is 5.75 Å². The van der Waals surface area contributed by atoms with E-state index in [1.165, 1.54) is 31.6 Å². The first-order chi connectivity index (χ1) is 17.7. The van der Waals surface area contributed by atoms with E-state index in [0.717, 1.165) is 12.4 Å². The molecule has 0 spiro atoms. The number of hydrogen-bond acceptors (Lipinski definition) is 6. The van der Waals surface area contributed by atoms with Crippen LogP contribution in [0.1, 0.15) is 0 Å². The van der Waals surface area contributed by atoms with Crippen molar-refractivity contribution in [1.29, 1.82) is 0 Å². The van der Waals surface area contributed by atoms with Gasteiger partial charge in [0.15, 0.2) is 5.82 Å². The highest BCUT2D eigenvalue weighted by molar-refractivity contribution is 7.99. The highest BCUT2D eigenvalue weighted by Crippen LogP contribution is 2.38. The van der Waals surface area contributed by atoms with E-state index in [4.69, 9.17) is 16.3 Å². The van der Waals surface area contributed by atoms with Crippen LogP contribution in [0.3, 0.4) is 0 Å². The van der Waals surface area contributed by atoms with Crippen molar-refractivity contribution < 1.29 is 22.3 Å². The minimum absolute atomic E-state index is 0.0213. The van der Waals surface area contributed by atoms with Gasteiger partial charge in [0.05, 0.1) is 30.7 Å². The smallest absolute Gasteiger partial charge is 0.349 e. The molecular weight excluding hydrogens is 524 g/mol. The quantitative estimate of drug-likeness (QED) is 0.252. The van der Waals surface area contributed by atoms with Crippen LogP contribution in [0.4, 0.5) is 14.7 Å². The Kier molecular flexibility index (Phi) is 6.50. The Labute approximate surface area is 215 Å². The molecule has 0 aliphatic heterocycles. The average molecular weight is 541 g/mol. The van der Waals surface area contributed by atoms with Crippen LogP contribution in [0.2, 0.25) is 5.02 Å². The second-order valence-electron chi connectivity index (χ2n) is 7.80. The van der Waals surface area contributed by atoms with Gasteiger partial charge in [-0.1, -0.05) is 23.7 Å². The van der Waals surface area contributed by atoms with E-state index < -0.39 is 22.0 Å². The van der Waals surface area contributed by atoms with E-state index in [0.29, 0.717) is 44.1 Å². The first-order valence-electron chi connectivity index (χ1n) is 10.7. The molecule has 37 heavy (non-hydrogen) atoms.